The van der Waals surface area contributed by atoms with Crippen molar-refractivity contribution in [3.8, 4) is 5.75 Å². The van der Waals surface area contributed by atoms with Gasteiger partial charge in [0.05, 0.1) is 5.56 Å². The average Bonchev–Trinajstić information content (AvgIpc) is 2.19. The van der Waals surface area contributed by atoms with Gasteiger partial charge < -0.3 is 10.2 Å². The molecule has 0 fully saturated rings. The number of hydrogen-bond acceptors (Lipinski definition) is 2. The summed E-state index contributed by atoms with van der Waals surface area (Å²) in [5.74, 6) is -0.912. The van der Waals surface area contributed by atoms with Gasteiger partial charge in [0.2, 0.25) is 0 Å². The van der Waals surface area contributed by atoms with Crippen LogP contribution in [0.5, 0.6) is 5.75 Å². The molecule has 3 nitrogen and oxygen atoms in total. The summed E-state index contributed by atoms with van der Waals surface area (Å²) in [6.07, 6.45) is 1.38. The van der Waals surface area contributed by atoms with Crippen LogP contribution in [0.4, 0.5) is 0 Å². The third-order valence-electron chi connectivity index (χ3n) is 1.61. The molecule has 4 heteroatoms. The number of hydrogen-bond donors (Lipinski definition) is 2. The van der Waals surface area contributed by atoms with Gasteiger partial charge in [-0.15, -0.1) is 0 Å². The predicted molar refractivity (Wildman–Crippen MR) is 55.9 cm³/mol. The summed E-state index contributed by atoms with van der Waals surface area (Å²) in [6, 6.07) is 5.36. The first-order chi connectivity index (χ1) is 6.61. The zero-order chi connectivity index (χ0) is 11.0. The maximum atomic E-state index is 10.2. The molecule has 0 unspecified atom stereocenters. The second-order valence-corrected chi connectivity index (χ2v) is 3.85. The number of carboxylic acid groups (broad SMARTS) is 1. The molecule has 0 saturated heterocycles. The fourth-order valence-corrected chi connectivity index (χ4v) is 0.604. The first-order valence-corrected chi connectivity index (χ1v) is 6.05. The van der Waals surface area contributed by atoms with Crippen LogP contribution in [0.2, 0.25) is 3.67 Å². The Kier molecular flexibility index (Phi) is 7.57. The van der Waals surface area contributed by atoms with Crippen LogP contribution < -0.4 is 0 Å². The zero-order valence-electron chi connectivity index (χ0n) is 8.53. The minimum Gasteiger partial charge on any atom is -0.508 e. The van der Waals surface area contributed by atoms with Crippen molar-refractivity contribution in [2.45, 2.75) is 17.0 Å². The summed E-state index contributed by atoms with van der Waals surface area (Å²) in [7, 11) is 0. The predicted octanol–water partition coefficient (Wildman–Crippen LogP) is 2.07. The number of phenols is 1. The van der Waals surface area contributed by atoms with E-state index in [0.29, 0.717) is 0 Å². The average molecular weight is 204 g/mol. The van der Waals surface area contributed by atoms with Gasteiger partial charge >= 0.3 is 50.9 Å². The number of carbonyl (C=O) groups is 1. The van der Waals surface area contributed by atoms with E-state index in [2.05, 4.69) is 6.92 Å². The minimum absolute atomic E-state index is 0.0741. The van der Waals surface area contributed by atoms with Crippen LogP contribution >= 0.6 is 0 Å². The Bertz CT molecular complexity index is 267. The van der Waals surface area contributed by atoms with Crippen molar-refractivity contribution < 1.29 is 15.0 Å². The molecular weight excluding hydrogens is 191 g/mol. The summed E-state index contributed by atoms with van der Waals surface area (Å²) in [5.41, 5.74) is 0.179. The van der Waals surface area contributed by atoms with E-state index in [4.69, 9.17) is 10.2 Å². The fourth-order valence-electron chi connectivity index (χ4n) is 0.604. The minimum atomic E-state index is -0.986. The number of carboxylic acids is 1. The van der Waals surface area contributed by atoms with E-state index in [1.54, 1.807) is 0 Å². The Hall–Kier alpha value is -0.510. The van der Waals surface area contributed by atoms with Gasteiger partial charge in [-0.25, -0.2) is 4.79 Å². The van der Waals surface area contributed by atoms with E-state index in [1.165, 1.54) is 62.3 Å². The zero-order valence-corrected chi connectivity index (χ0v) is 10.5. The Morgan fingerprint density at radius 2 is 1.79 bits per heavy atom. The molecule has 0 saturated carbocycles. The van der Waals surface area contributed by atoms with E-state index < -0.39 is 5.97 Å². The van der Waals surface area contributed by atoms with E-state index in [9.17, 15) is 4.79 Å². The van der Waals surface area contributed by atoms with Crippen LogP contribution in [-0.2, 0) is 0 Å². The molecule has 0 aliphatic rings. The molecule has 1 aromatic rings. The van der Waals surface area contributed by atoms with Crippen molar-refractivity contribution in [2.24, 2.45) is 0 Å². The van der Waals surface area contributed by atoms with Crippen molar-refractivity contribution in [3.05, 3.63) is 29.8 Å². The molecular formula is C10H13NaO3. The van der Waals surface area contributed by atoms with Crippen LogP contribution in [0.25, 0.3) is 0 Å². The summed E-state index contributed by atoms with van der Waals surface area (Å²) >= 11 is 1.39. The van der Waals surface area contributed by atoms with Gasteiger partial charge in [-0.1, -0.05) is 0 Å². The SMILES string of the molecule is CC[CH2][Na].O=C(O)c1ccc(O)cc1. The van der Waals surface area contributed by atoms with Crippen molar-refractivity contribution in [2.75, 3.05) is 0 Å². The maximum Gasteiger partial charge on any atom is 0.335 e. The van der Waals surface area contributed by atoms with E-state index in [1.807, 2.05) is 0 Å². The number of aromatic hydroxyl groups is 1. The van der Waals surface area contributed by atoms with Gasteiger partial charge in [0.1, 0.15) is 5.75 Å². The molecule has 0 amide bonds. The van der Waals surface area contributed by atoms with Crippen LogP contribution in [0.15, 0.2) is 24.3 Å². The summed E-state index contributed by atoms with van der Waals surface area (Å²) < 4.78 is 1.46. The topological polar surface area (TPSA) is 57.5 Å². The number of aromatic carboxylic acids is 1. The van der Waals surface area contributed by atoms with Gasteiger partial charge in [0.15, 0.2) is 0 Å². The summed E-state index contributed by atoms with van der Waals surface area (Å²) in [5, 5.41) is 17.1. The third-order valence-corrected chi connectivity index (χ3v) is 2.61. The molecule has 0 aromatic heterocycles. The van der Waals surface area contributed by atoms with Crippen molar-refractivity contribution >= 4 is 33.9 Å². The van der Waals surface area contributed by atoms with Crippen molar-refractivity contribution in [1.82, 2.24) is 0 Å². The fraction of sp³-hybridized carbons (Fsp3) is 0.300. The molecule has 0 bridgehead atoms. The molecule has 0 atom stereocenters. The van der Waals surface area contributed by atoms with E-state index in [-0.39, 0.29) is 11.3 Å². The number of phenolic OH excluding ortho intramolecular Hbond substituents is 1. The van der Waals surface area contributed by atoms with Gasteiger partial charge in [-0.05, 0) is 24.3 Å². The van der Waals surface area contributed by atoms with Crippen LogP contribution in [-0.4, -0.2) is 44.1 Å². The van der Waals surface area contributed by atoms with Crippen LogP contribution in [0.3, 0.4) is 0 Å². The molecule has 1 rings (SSSR count). The Labute approximate surface area is 101 Å². The molecule has 0 aliphatic heterocycles. The second-order valence-electron chi connectivity index (χ2n) is 2.85. The van der Waals surface area contributed by atoms with Crippen molar-refractivity contribution in [1.29, 1.82) is 0 Å². The first-order valence-electron chi connectivity index (χ1n) is 4.64. The summed E-state index contributed by atoms with van der Waals surface area (Å²) in [6.45, 7) is 2.22. The monoisotopic (exact) mass is 204 g/mol. The van der Waals surface area contributed by atoms with Crippen LogP contribution in [0.1, 0.15) is 23.7 Å². The van der Waals surface area contributed by atoms with Gasteiger partial charge in [0, 0.05) is 0 Å². The molecule has 0 heterocycles. The largest absolute Gasteiger partial charge is 0.508 e. The molecule has 1 aromatic carbocycles. The van der Waals surface area contributed by atoms with E-state index >= 15 is 0 Å². The number of rotatable bonds is 2. The normalized spacial score (nSPS) is 8.79. The standard InChI is InChI=1S/C7H6O3.C3H7.Na/c8-6-3-1-5(2-4-6)7(9)10;1-3-2;/h1-4,8H,(H,9,10);1,3H2,2H3;. The number of benzene rings is 1. The Morgan fingerprint density at radius 1 is 1.36 bits per heavy atom. The Balaban J connectivity index is 0.000000364. The quantitative estimate of drug-likeness (QED) is 0.725. The summed E-state index contributed by atoms with van der Waals surface area (Å²) in [4.78, 5) is 10.2. The molecule has 0 spiro atoms. The maximum absolute atomic E-state index is 10.2. The van der Waals surface area contributed by atoms with Crippen LogP contribution in [0, 0.1) is 0 Å². The Morgan fingerprint density at radius 3 is 2.07 bits per heavy atom. The van der Waals surface area contributed by atoms with E-state index in [0.717, 1.165) is 0 Å². The van der Waals surface area contributed by atoms with Gasteiger partial charge in [-0.2, -0.15) is 0 Å². The van der Waals surface area contributed by atoms with Crippen molar-refractivity contribution in [3.63, 3.8) is 0 Å². The first kappa shape index (κ1) is 13.5. The molecule has 0 aliphatic carbocycles. The van der Waals surface area contributed by atoms with Gasteiger partial charge in [-0.3, -0.25) is 0 Å². The molecule has 2 N–H and O–H groups in total. The van der Waals surface area contributed by atoms with Gasteiger partial charge in [0.25, 0.3) is 0 Å². The third kappa shape index (κ3) is 6.02. The molecule has 72 valence electrons. The second kappa shape index (κ2) is 7.85. The molecule has 0 radical (unpaired) electrons. The molecule has 14 heavy (non-hydrogen) atoms. The smallest absolute Gasteiger partial charge is 0.335 e.